The molecule has 116 valence electrons. The summed E-state index contributed by atoms with van der Waals surface area (Å²) in [6, 6.07) is 7.12. The Kier molecular flexibility index (Phi) is 4.65. The standard InChI is InChI=1S/C15H17N3O3S/c19-14-6-5-11(13-4-2-10-22-13)17-18(14)8-7-16-15(20)12-3-1-9-21-12/h2,4-6,10,12H,1,3,7-9H2,(H,16,20)/t12-/m0/s1. The molecule has 0 unspecified atom stereocenters. The topological polar surface area (TPSA) is 73.2 Å². The molecule has 0 spiro atoms. The molecule has 22 heavy (non-hydrogen) atoms. The summed E-state index contributed by atoms with van der Waals surface area (Å²) >= 11 is 1.57. The summed E-state index contributed by atoms with van der Waals surface area (Å²) in [6.07, 6.45) is 1.34. The predicted octanol–water partition coefficient (Wildman–Crippen LogP) is 1.27. The fourth-order valence-electron chi connectivity index (χ4n) is 2.35. The van der Waals surface area contributed by atoms with Gasteiger partial charge in [-0.2, -0.15) is 5.10 Å². The number of thiophene rings is 1. The van der Waals surface area contributed by atoms with Crippen molar-refractivity contribution in [1.29, 1.82) is 0 Å². The average Bonchev–Trinajstić information content (AvgIpc) is 3.22. The second kappa shape index (κ2) is 6.85. The maximum atomic E-state index is 11.8. The Morgan fingerprint density at radius 2 is 2.36 bits per heavy atom. The zero-order valence-corrected chi connectivity index (χ0v) is 12.8. The van der Waals surface area contributed by atoms with E-state index in [0.717, 1.165) is 23.4 Å². The zero-order valence-electron chi connectivity index (χ0n) is 12.0. The third kappa shape index (κ3) is 3.42. The van der Waals surface area contributed by atoms with Crippen molar-refractivity contribution in [1.82, 2.24) is 15.1 Å². The summed E-state index contributed by atoms with van der Waals surface area (Å²) in [5.74, 6) is -0.111. The normalized spacial score (nSPS) is 17.5. The van der Waals surface area contributed by atoms with E-state index in [9.17, 15) is 9.59 Å². The largest absolute Gasteiger partial charge is 0.368 e. The number of carbonyl (C=O) groups is 1. The van der Waals surface area contributed by atoms with E-state index in [4.69, 9.17) is 4.74 Å². The highest BCUT2D eigenvalue weighted by Crippen LogP contribution is 2.20. The summed E-state index contributed by atoms with van der Waals surface area (Å²) in [5.41, 5.74) is 0.590. The summed E-state index contributed by atoms with van der Waals surface area (Å²) in [4.78, 5) is 24.7. The van der Waals surface area contributed by atoms with Crippen LogP contribution in [0.3, 0.4) is 0 Å². The van der Waals surface area contributed by atoms with Gasteiger partial charge in [-0.1, -0.05) is 6.07 Å². The molecular formula is C15H17N3O3S. The van der Waals surface area contributed by atoms with Crippen molar-refractivity contribution in [2.45, 2.75) is 25.5 Å². The van der Waals surface area contributed by atoms with Crippen LogP contribution >= 0.6 is 11.3 Å². The molecule has 1 atom stereocenters. The Balaban J connectivity index is 1.61. The van der Waals surface area contributed by atoms with E-state index in [-0.39, 0.29) is 17.6 Å². The number of rotatable bonds is 5. The molecule has 1 amide bonds. The van der Waals surface area contributed by atoms with E-state index in [0.29, 0.717) is 19.7 Å². The van der Waals surface area contributed by atoms with Gasteiger partial charge in [0.15, 0.2) is 0 Å². The molecule has 0 aromatic carbocycles. The van der Waals surface area contributed by atoms with Crippen molar-refractivity contribution in [3.63, 3.8) is 0 Å². The van der Waals surface area contributed by atoms with E-state index < -0.39 is 0 Å². The quantitative estimate of drug-likeness (QED) is 0.901. The predicted molar refractivity (Wildman–Crippen MR) is 83.8 cm³/mol. The minimum atomic E-state index is -0.345. The molecule has 0 radical (unpaired) electrons. The molecule has 1 saturated heterocycles. The maximum absolute atomic E-state index is 11.8. The minimum Gasteiger partial charge on any atom is -0.368 e. The van der Waals surface area contributed by atoms with Gasteiger partial charge in [0.2, 0.25) is 5.91 Å². The molecule has 3 rings (SSSR count). The average molecular weight is 319 g/mol. The van der Waals surface area contributed by atoms with Crippen molar-refractivity contribution in [2.24, 2.45) is 0 Å². The minimum absolute atomic E-state index is 0.111. The monoisotopic (exact) mass is 319 g/mol. The third-order valence-corrected chi connectivity index (χ3v) is 4.38. The van der Waals surface area contributed by atoms with Gasteiger partial charge in [-0.05, 0) is 30.4 Å². The molecular weight excluding hydrogens is 302 g/mol. The summed E-state index contributed by atoms with van der Waals surface area (Å²) in [5, 5.41) is 9.10. The van der Waals surface area contributed by atoms with Crippen molar-refractivity contribution in [3.8, 4) is 10.6 Å². The van der Waals surface area contributed by atoms with Crippen molar-refractivity contribution < 1.29 is 9.53 Å². The first-order valence-electron chi connectivity index (χ1n) is 7.25. The summed E-state index contributed by atoms with van der Waals surface area (Å²) in [6.45, 7) is 1.35. The van der Waals surface area contributed by atoms with Gasteiger partial charge in [0.1, 0.15) is 11.8 Å². The molecule has 0 saturated carbocycles. The van der Waals surface area contributed by atoms with Gasteiger partial charge in [-0.3, -0.25) is 9.59 Å². The molecule has 1 aliphatic rings. The van der Waals surface area contributed by atoms with Gasteiger partial charge in [0.05, 0.1) is 11.4 Å². The van der Waals surface area contributed by atoms with E-state index >= 15 is 0 Å². The Morgan fingerprint density at radius 1 is 1.45 bits per heavy atom. The van der Waals surface area contributed by atoms with Crippen LogP contribution < -0.4 is 10.9 Å². The van der Waals surface area contributed by atoms with Gasteiger partial charge in [-0.15, -0.1) is 11.3 Å². The highest BCUT2D eigenvalue weighted by Gasteiger charge is 2.22. The highest BCUT2D eigenvalue weighted by atomic mass is 32.1. The van der Waals surface area contributed by atoms with Gasteiger partial charge in [0, 0.05) is 19.2 Å². The Labute approximate surface area is 131 Å². The number of hydrogen-bond donors (Lipinski definition) is 1. The lowest BCUT2D eigenvalue weighted by Crippen LogP contribution is -2.37. The fraction of sp³-hybridized carbons (Fsp3) is 0.400. The maximum Gasteiger partial charge on any atom is 0.266 e. The molecule has 0 bridgehead atoms. The lowest BCUT2D eigenvalue weighted by atomic mass is 10.2. The molecule has 2 aromatic heterocycles. The van der Waals surface area contributed by atoms with Crippen molar-refractivity contribution in [2.75, 3.05) is 13.2 Å². The Bertz CT molecular complexity index is 690. The first kappa shape index (κ1) is 14.9. The summed E-state index contributed by atoms with van der Waals surface area (Å²) in [7, 11) is 0. The second-order valence-corrected chi connectivity index (χ2v) is 6.00. The van der Waals surface area contributed by atoms with E-state index in [1.54, 1.807) is 17.4 Å². The molecule has 7 heteroatoms. The molecule has 1 fully saturated rings. The number of ether oxygens (including phenoxy) is 1. The second-order valence-electron chi connectivity index (χ2n) is 5.05. The van der Waals surface area contributed by atoms with E-state index in [1.165, 1.54) is 10.7 Å². The van der Waals surface area contributed by atoms with Crippen molar-refractivity contribution in [3.05, 3.63) is 40.0 Å². The lowest BCUT2D eigenvalue weighted by Gasteiger charge is -2.11. The van der Waals surface area contributed by atoms with Gasteiger partial charge < -0.3 is 10.1 Å². The third-order valence-electron chi connectivity index (χ3n) is 3.49. The smallest absolute Gasteiger partial charge is 0.266 e. The molecule has 1 N–H and O–H groups in total. The van der Waals surface area contributed by atoms with Gasteiger partial charge in [0.25, 0.3) is 5.56 Å². The van der Waals surface area contributed by atoms with E-state index in [1.807, 2.05) is 17.5 Å². The van der Waals surface area contributed by atoms with Crippen LogP contribution in [0.15, 0.2) is 34.4 Å². The highest BCUT2D eigenvalue weighted by molar-refractivity contribution is 7.13. The van der Waals surface area contributed by atoms with Crippen LogP contribution in [-0.2, 0) is 16.1 Å². The fourth-order valence-corrected chi connectivity index (χ4v) is 3.04. The number of amides is 1. The van der Waals surface area contributed by atoms with Gasteiger partial charge in [-0.25, -0.2) is 4.68 Å². The zero-order chi connectivity index (χ0) is 15.4. The first-order valence-corrected chi connectivity index (χ1v) is 8.13. The first-order chi connectivity index (χ1) is 10.7. The van der Waals surface area contributed by atoms with Crippen LogP contribution in [-0.4, -0.2) is 34.9 Å². The molecule has 2 aromatic rings. The summed E-state index contributed by atoms with van der Waals surface area (Å²) < 4.78 is 6.69. The number of nitrogens with zero attached hydrogens (tertiary/aromatic N) is 2. The van der Waals surface area contributed by atoms with Crippen molar-refractivity contribution >= 4 is 17.2 Å². The lowest BCUT2D eigenvalue weighted by molar-refractivity contribution is -0.130. The number of aromatic nitrogens is 2. The van der Waals surface area contributed by atoms with Crippen LogP contribution in [0.4, 0.5) is 0 Å². The van der Waals surface area contributed by atoms with E-state index in [2.05, 4.69) is 10.4 Å². The number of carbonyl (C=O) groups excluding carboxylic acids is 1. The molecule has 3 heterocycles. The number of nitrogens with one attached hydrogen (secondary N) is 1. The molecule has 6 nitrogen and oxygen atoms in total. The van der Waals surface area contributed by atoms with Gasteiger partial charge >= 0.3 is 0 Å². The number of hydrogen-bond acceptors (Lipinski definition) is 5. The SMILES string of the molecule is O=C(NCCn1nc(-c2cccs2)ccc1=O)[C@@H]1CCCO1. The van der Waals surface area contributed by atoms with Crippen LogP contribution in [0.2, 0.25) is 0 Å². The Hall–Kier alpha value is -1.99. The molecule has 0 aliphatic carbocycles. The van der Waals surface area contributed by atoms with Crippen LogP contribution in [0.25, 0.3) is 10.6 Å². The van der Waals surface area contributed by atoms with Crippen LogP contribution in [0.1, 0.15) is 12.8 Å². The van der Waals surface area contributed by atoms with Crippen LogP contribution in [0, 0.1) is 0 Å². The van der Waals surface area contributed by atoms with Crippen LogP contribution in [0.5, 0.6) is 0 Å². The molecule has 1 aliphatic heterocycles. The Morgan fingerprint density at radius 3 is 3.09 bits per heavy atom.